The van der Waals surface area contributed by atoms with Gasteiger partial charge < -0.3 is 14.8 Å². The lowest BCUT2D eigenvalue weighted by Gasteiger charge is -2.28. The van der Waals surface area contributed by atoms with Crippen LogP contribution >= 0.6 is 0 Å². The quantitative estimate of drug-likeness (QED) is 0.523. The van der Waals surface area contributed by atoms with E-state index in [1.54, 1.807) is 6.08 Å². The van der Waals surface area contributed by atoms with E-state index >= 15 is 0 Å². The van der Waals surface area contributed by atoms with Gasteiger partial charge in [-0.1, -0.05) is 61.2 Å². The largest absolute Gasteiger partial charge is 0.489 e. The summed E-state index contributed by atoms with van der Waals surface area (Å²) in [4.78, 5) is 13.2. The molecular formula is C26H25NO3. The fraction of sp³-hybridized carbons (Fsp3) is 0.192. The Morgan fingerprint density at radius 3 is 2.27 bits per heavy atom. The van der Waals surface area contributed by atoms with Crippen molar-refractivity contribution in [2.45, 2.75) is 32.3 Å². The second-order valence-corrected chi connectivity index (χ2v) is 7.57. The summed E-state index contributed by atoms with van der Waals surface area (Å²) in [6.45, 7) is 7.79. The Labute approximate surface area is 177 Å². The summed E-state index contributed by atoms with van der Waals surface area (Å²) in [6.07, 6.45) is 2.02. The van der Waals surface area contributed by atoms with Crippen LogP contribution in [-0.2, 0) is 4.79 Å². The van der Waals surface area contributed by atoms with Crippen LogP contribution in [0.1, 0.15) is 42.9 Å². The molecule has 0 aromatic heterocycles. The SMILES string of the molecule is C=Cc1cccc(OC(C)C)c1NC(=O)CC1c2ccccc2Oc2ccccc21. The van der Waals surface area contributed by atoms with E-state index in [1.165, 1.54) is 0 Å². The zero-order valence-corrected chi connectivity index (χ0v) is 17.2. The number of para-hydroxylation sites is 3. The van der Waals surface area contributed by atoms with Gasteiger partial charge in [-0.15, -0.1) is 0 Å². The van der Waals surface area contributed by atoms with Crippen LogP contribution in [0.3, 0.4) is 0 Å². The molecule has 0 fully saturated rings. The number of rotatable bonds is 6. The van der Waals surface area contributed by atoms with Crippen LogP contribution in [0.2, 0.25) is 0 Å². The first-order chi connectivity index (χ1) is 14.6. The molecule has 30 heavy (non-hydrogen) atoms. The molecule has 1 aliphatic heterocycles. The van der Waals surface area contributed by atoms with E-state index in [0.717, 1.165) is 28.2 Å². The number of benzene rings is 3. The molecule has 3 aromatic rings. The molecule has 1 aliphatic rings. The number of nitrogens with one attached hydrogen (secondary N) is 1. The molecule has 0 atom stereocenters. The van der Waals surface area contributed by atoms with Gasteiger partial charge in [0.25, 0.3) is 0 Å². The van der Waals surface area contributed by atoms with Gasteiger partial charge in [0, 0.05) is 29.0 Å². The van der Waals surface area contributed by atoms with Gasteiger partial charge >= 0.3 is 0 Å². The van der Waals surface area contributed by atoms with E-state index in [1.807, 2.05) is 80.6 Å². The fourth-order valence-corrected chi connectivity index (χ4v) is 3.81. The number of hydrogen-bond donors (Lipinski definition) is 1. The zero-order chi connectivity index (χ0) is 21.1. The average Bonchev–Trinajstić information content (AvgIpc) is 2.74. The summed E-state index contributed by atoms with van der Waals surface area (Å²) in [6, 6.07) is 21.4. The van der Waals surface area contributed by atoms with Crippen molar-refractivity contribution in [1.82, 2.24) is 0 Å². The maximum atomic E-state index is 13.2. The van der Waals surface area contributed by atoms with Gasteiger partial charge in [0.1, 0.15) is 17.2 Å². The number of ether oxygens (including phenoxy) is 2. The third-order valence-electron chi connectivity index (χ3n) is 5.10. The Balaban J connectivity index is 1.64. The highest BCUT2D eigenvalue weighted by atomic mass is 16.5. The zero-order valence-electron chi connectivity index (χ0n) is 17.2. The molecular weight excluding hydrogens is 374 g/mol. The highest BCUT2D eigenvalue weighted by Gasteiger charge is 2.29. The van der Waals surface area contributed by atoms with Crippen LogP contribution in [0.15, 0.2) is 73.3 Å². The topological polar surface area (TPSA) is 47.6 Å². The van der Waals surface area contributed by atoms with Gasteiger partial charge in [-0.25, -0.2) is 0 Å². The molecule has 1 N–H and O–H groups in total. The predicted octanol–water partition coefficient (Wildman–Crippen LogP) is 6.38. The molecule has 1 amide bonds. The Bertz CT molecular complexity index is 1040. The van der Waals surface area contributed by atoms with Crippen molar-refractivity contribution >= 4 is 17.7 Å². The molecule has 0 saturated carbocycles. The predicted molar refractivity (Wildman–Crippen MR) is 120 cm³/mol. The van der Waals surface area contributed by atoms with Gasteiger partial charge in [0.2, 0.25) is 5.91 Å². The molecule has 0 radical (unpaired) electrons. The van der Waals surface area contributed by atoms with E-state index in [4.69, 9.17) is 9.47 Å². The van der Waals surface area contributed by atoms with Crippen molar-refractivity contribution in [2.75, 3.05) is 5.32 Å². The van der Waals surface area contributed by atoms with Crippen molar-refractivity contribution in [3.8, 4) is 17.2 Å². The van der Waals surface area contributed by atoms with Crippen LogP contribution in [0.25, 0.3) is 6.08 Å². The number of anilines is 1. The minimum absolute atomic E-state index is 0.00466. The molecule has 4 nitrogen and oxygen atoms in total. The Kier molecular flexibility index (Phi) is 5.57. The van der Waals surface area contributed by atoms with Crippen LogP contribution < -0.4 is 14.8 Å². The third-order valence-corrected chi connectivity index (χ3v) is 5.10. The highest BCUT2D eigenvalue weighted by molar-refractivity contribution is 5.95. The molecule has 0 unspecified atom stereocenters. The standard InChI is InChI=1S/C26H25NO3/c1-4-18-10-9-15-24(29-17(2)3)26(18)27-25(28)16-21-19-11-5-7-13-22(19)30-23-14-8-6-12-20(21)23/h4-15,17,21H,1,16H2,2-3H3,(H,27,28). The lowest BCUT2D eigenvalue weighted by molar-refractivity contribution is -0.116. The van der Waals surface area contributed by atoms with Gasteiger partial charge in [-0.05, 0) is 32.0 Å². The summed E-state index contributed by atoms with van der Waals surface area (Å²) in [7, 11) is 0. The fourth-order valence-electron chi connectivity index (χ4n) is 3.81. The molecule has 0 spiro atoms. The van der Waals surface area contributed by atoms with Gasteiger partial charge in [-0.3, -0.25) is 4.79 Å². The molecule has 1 heterocycles. The van der Waals surface area contributed by atoms with Crippen molar-refractivity contribution in [1.29, 1.82) is 0 Å². The van der Waals surface area contributed by atoms with Crippen LogP contribution in [0, 0.1) is 0 Å². The first-order valence-corrected chi connectivity index (χ1v) is 10.1. The van der Waals surface area contributed by atoms with E-state index < -0.39 is 0 Å². The molecule has 4 rings (SSSR count). The summed E-state index contributed by atoms with van der Waals surface area (Å²) in [5.74, 6) is 2.06. The number of hydrogen-bond acceptors (Lipinski definition) is 3. The number of amides is 1. The van der Waals surface area contributed by atoms with Crippen molar-refractivity contribution in [3.63, 3.8) is 0 Å². The van der Waals surface area contributed by atoms with E-state index in [9.17, 15) is 4.79 Å². The Morgan fingerprint density at radius 2 is 1.67 bits per heavy atom. The number of carbonyl (C=O) groups excluding carboxylic acids is 1. The molecule has 3 aromatic carbocycles. The second-order valence-electron chi connectivity index (χ2n) is 7.57. The third kappa shape index (κ3) is 3.94. The normalized spacial score (nSPS) is 12.5. The van der Waals surface area contributed by atoms with Gasteiger partial charge in [-0.2, -0.15) is 0 Å². The molecule has 0 bridgehead atoms. The number of fused-ring (bicyclic) bond motifs is 2. The molecule has 0 aliphatic carbocycles. The first-order valence-electron chi connectivity index (χ1n) is 10.1. The second kappa shape index (κ2) is 8.46. The smallest absolute Gasteiger partial charge is 0.225 e. The summed E-state index contributed by atoms with van der Waals surface area (Å²) in [5, 5.41) is 3.07. The summed E-state index contributed by atoms with van der Waals surface area (Å²) in [5.41, 5.74) is 3.51. The minimum Gasteiger partial charge on any atom is -0.489 e. The highest BCUT2D eigenvalue weighted by Crippen LogP contribution is 2.45. The maximum absolute atomic E-state index is 13.2. The number of carbonyl (C=O) groups is 1. The van der Waals surface area contributed by atoms with Gasteiger partial charge in [0.15, 0.2) is 0 Å². The van der Waals surface area contributed by atoms with Crippen molar-refractivity contribution < 1.29 is 14.3 Å². The lowest BCUT2D eigenvalue weighted by atomic mass is 9.85. The average molecular weight is 399 g/mol. The molecule has 4 heteroatoms. The van der Waals surface area contributed by atoms with Crippen molar-refractivity contribution in [3.05, 3.63) is 90.0 Å². The molecule has 152 valence electrons. The van der Waals surface area contributed by atoms with Crippen LogP contribution in [0.5, 0.6) is 17.2 Å². The summed E-state index contributed by atoms with van der Waals surface area (Å²) >= 11 is 0. The summed E-state index contributed by atoms with van der Waals surface area (Å²) < 4.78 is 12.0. The lowest BCUT2D eigenvalue weighted by Crippen LogP contribution is -2.20. The van der Waals surface area contributed by atoms with Crippen molar-refractivity contribution in [2.24, 2.45) is 0 Å². The molecule has 0 saturated heterocycles. The minimum atomic E-state index is -0.0885. The first kappa shape index (κ1) is 19.8. The van der Waals surface area contributed by atoms with E-state index in [0.29, 0.717) is 17.9 Å². The van der Waals surface area contributed by atoms with E-state index in [2.05, 4.69) is 11.9 Å². The van der Waals surface area contributed by atoms with Gasteiger partial charge in [0.05, 0.1) is 11.8 Å². The monoisotopic (exact) mass is 399 g/mol. The van der Waals surface area contributed by atoms with Crippen LogP contribution in [0.4, 0.5) is 5.69 Å². The van der Waals surface area contributed by atoms with Crippen LogP contribution in [-0.4, -0.2) is 12.0 Å². The Hall–Kier alpha value is -3.53. The Morgan fingerprint density at radius 1 is 1.03 bits per heavy atom. The van der Waals surface area contributed by atoms with E-state index in [-0.39, 0.29) is 17.9 Å². The maximum Gasteiger partial charge on any atom is 0.225 e.